The van der Waals surface area contributed by atoms with E-state index in [4.69, 9.17) is 4.74 Å². The van der Waals surface area contributed by atoms with E-state index in [0.29, 0.717) is 22.9 Å². The summed E-state index contributed by atoms with van der Waals surface area (Å²) in [4.78, 5) is 16.9. The Hall–Kier alpha value is -2.45. The molecular weight excluding hydrogens is 372 g/mol. The Balaban J connectivity index is 1.79. The molecule has 0 fully saturated rings. The number of ether oxygens (including phenoxy) is 1. The van der Waals surface area contributed by atoms with Crippen LogP contribution >= 0.6 is 11.3 Å². The highest BCUT2D eigenvalue weighted by Crippen LogP contribution is 2.29. The quantitative estimate of drug-likeness (QED) is 0.696. The van der Waals surface area contributed by atoms with Gasteiger partial charge in [-0.25, -0.2) is 13.4 Å². The summed E-state index contributed by atoms with van der Waals surface area (Å²) in [6, 6.07) is 12.1. The zero-order valence-corrected chi connectivity index (χ0v) is 16.0. The number of nitrogens with one attached hydrogen (secondary N) is 1. The predicted molar refractivity (Wildman–Crippen MR) is 104 cm³/mol. The number of sulfone groups is 1. The van der Waals surface area contributed by atoms with Gasteiger partial charge in [-0.1, -0.05) is 23.5 Å². The lowest BCUT2D eigenvalue weighted by Crippen LogP contribution is -2.12. The van der Waals surface area contributed by atoms with Crippen LogP contribution in [0.1, 0.15) is 22.8 Å². The predicted octanol–water partition coefficient (Wildman–Crippen LogP) is 3.49. The number of nitrogens with zero attached hydrogens (tertiary/aromatic N) is 1. The Bertz CT molecular complexity index is 1060. The fourth-order valence-electron chi connectivity index (χ4n) is 2.49. The van der Waals surface area contributed by atoms with Crippen molar-refractivity contribution in [1.82, 2.24) is 4.98 Å². The summed E-state index contributed by atoms with van der Waals surface area (Å²) in [5.74, 6) is 0.328. The molecule has 0 radical (unpaired) electrons. The normalized spacial score (nSPS) is 11.5. The monoisotopic (exact) mass is 390 g/mol. The zero-order valence-electron chi connectivity index (χ0n) is 14.4. The van der Waals surface area contributed by atoms with Crippen LogP contribution in [0.3, 0.4) is 0 Å². The number of carbonyl (C=O) groups excluding carboxylic acids is 1. The first-order chi connectivity index (χ1) is 12.3. The molecule has 6 nitrogen and oxygen atoms in total. The third-order valence-electron chi connectivity index (χ3n) is 3.51. The summed E-state index contributed by atoms with van der Waals surface area (Å²) >= 11 is 1.36. The topological polar surface area (TPSA) is 85.4 Å². The molecule has 0 spiro atoms. The van der Waals surface area contributed by atoms with Gasteiger partial charge in [0.2, 0.25) is 0 Å². The fraction of sp³-hybridized carbons (Fsp3) is 0.222. The first-order valence-electron chi connectivity index (χ1n) is 7.95. The molecule has 0 bridgehead atoms. The lowest BCUT2D eigenvalue weighted by molar-refractivity contribution is 0.102. The number of thiazole rings is 1. The molecule has 0 saturated heterocycles. The van der Waals surface area contributed by atoms with E-state index in [1.807, 2.05) is 25.1 Å². The Morgan fingerprint density at radius 1 is 1.23 bits per heavy atom. The second kappa shape index (κ2) is 7.43. The van der Waals surface area contributed by atoms with Gasteiger partial charge < -0.3 is 4.74 Å². The van der Waals surface area contributed by atoms with Gasteiger partial charge in [-0.15, -0.1) is 0 Å². The molecule has 0 aliphatic carbocycles. The van der Waals surface area contributed by atoms with E-state index in [9.17, 15) is 13.2 Å². The van der Waals surface area contributed by atoms with E-state index in [0.717, 1.165) is 22.2 Å². The molecule has 3 aromatic rings. The molecule has 1 heterocycles. The Labute approximate surface area is 155 Å². The van der Waals surface area contributed by atoms with Crippen LogP contribution in [0.5, 0.6) is 5.75 Å². The molecule has 8 heteroatoms. The first-order valence-corrected chi connectivity index (χ1v) is 10.8. The SMILES string of the molecule is CCOc1ccc2nc(NC(=O)c3cccc(CS(C)(=O)=O)c3)sc2c1. The van der Waals surface area contributed by atoms with Gasteiger partial charge in [-0.3, -0.25) is 10.1 Å². The second-order valence-corrected chi connectivity index (χ2v) is 8.98. The number of fused-ring (bicyclic) bond motifs is 1. The van der Waals surface area contributed by atoms with Crippen molar-refractivity contribution in [2.45, 2.75) is 12.7 Å². The van der Waals surface area contributed by atoms with Crippen molar-refractivity contribution < 1.29 is 17.9 Å². The Kier molecular flexibility index (Phi) is 5.24. The van der Waals surface area contributed by atoms with Crippen LogP contribution in [-0.4, -0.2) is 32.2 Å². The number of amides is 1. The van der Waals surface area contributed by atoms with E-state index in [2.05, 4.69) is 10.3 Å². The van der Waals surface area contributed by atoms with E-state index >= 15 is 0 Å². The minimum absolute atomic E-state index is 0.102. The summed E-state index contributed by atoms with van der Waals surface area (Å²) in [6.07, 6.45) is 1.16. The number of rotatable bonds is 6. The van der Waals surface area contributed by atoms with Crippen molar-refractivity contribution in [3.63, 3.8) is 0 Å². The number of carbonyl (C=O) groups is 1. The van der Waals surface area contributed by atoms with Gasteiger partial charge in [0.1, 0.15) is 5.75 Å². The smallest absolute Gasteiger partial charge is 0.257 e. The molecule has 2 aromatic carbocycles. The van der Waals surface area contributed by atoms with Crippen molar-refractivity contribution in [2.75, 3.05) is 18.2 Å². The molecule has 0 unspecified atom stereocenters. The maximum Gasteiger partial charge on any atom is 0.257 e. The van der Waals surface area contributed by atoms with Crippen LogP contribution in [0.4, 0.5) is 5.13 Å². The summed E-state index contributed by atoms with van der Waals surface area (Å²) in [6.45, 7) is 2.50. The zero-order chi connectivity index (χ0) is 18.7. The van der Waals surface area contributed by atoms with Crippen molar-refractivity contribution in [3.8, 4) is 5.75 Å². The van der Waals surface area contributed by atoms with Crippen molar-refractivity contribution in [3.05, 3.63) is 53.6 Å². The van der Waals surface area contributed by atoms with Crippen molar-refractivity contribution in [2.24, 2.45) is 0 Å². The van der Waals surface area contributed by atoms with E-state index < -0.39 is 9.84 Å². The summed E-state index contributed by atoms with van der Waals surface area (Å²) < 4.78 is 29.2. The highest BCUT2D eigenvalue weighted by Gasteiger charge is 2.12. The first kappa shape index (κ1) is 18.3. The van der Waals surface area contributed by atoms with Crippen LogP contribution in [0, 0.1) is 0 Å². The Morgan fingerprint density at radius 3 is 2.77 bits per heavy atom. The molecule has 3 rings (SSSR count). The summed E-state index contributed by atoms with van der Waals surface area (Å²) in [5, 5.41) is 3.25. The van der Waals surface area contributed by atoms with Crippen LogP contribution in [0.15, 0.2) is 42.5 Å². The third-order valence-corrected chi connectivity index (χ3v) is 5.30. The van der Waals surface area contributed by atoms with Gasteiger partial charge >= 0.3 is 0 Å². The maximum atomic E-state index is 12.5. The number of anilines is 1. The fourth-order valence-corrected chi connectivity index (χ4v) is 4.16. The van der Waals surface area contributed by atoms with Crippen LogP contribution in [-0.2, 0) is 15.6 Å². The molecule has 1 aromatic heterocycles. The number of benzene rings is 2. The molecule has 0 aliphatic rings. The average Bonchev–Trinajstić information content (AvgIpc) is 2.95. The highest BCUT2D eigenvalue weighted by atomic mass is 32.2. The van der Waals surface area contributed by atoms with E-state index in [1.165, 1.54) is 11.3 Å². The molecule has 1 N–H and O–H groups in total. The number of aromatic nitrogens is 1. The van der Waals surface area contributed by atoms with Gasteiger partial charge in [-0.2, -0.15) is 0 Å². The van der Waals surface area contributed by atoms with Crippen molar-refractivity contribution in [1.29, 1.82) is 0 Å². The molecule has 1 amide bonds. The molecule has 26 heavy (non-hydrogen) atoms. The molecule has 0 atom stereocenters. The number of hydrogen-bond donors (Lipinski definition) is 1. The van der Waals surface area contributed by atoms with E-state index in [1.54, 1.807) is 24.3 Å². The molecule has 0 saturated carbocycles. The summed E-state index contributed by atoms with van der Waals surface area (Å²) in [7, 11) is -3.16. The standard InChI is InChI=1S/C18H18N2O4S2/c1-3-24-14-7-8-15-16(10-14)25-18(19-15)20-17(21)13-6-4-5-12(9-13)11-26(2,22)23/h4-10H,3,11H2,1-2H3,(H,19,20,21). The average molecular weight is 390 g/mol. The third kappa shape index (κ3) is 4.59. The lowest BCUT2D eigenvalue weighted by Gasteiger charge is -2.04. The van der Waals surface area contributed by atoms with E-state index in [-0.39, 0.29) is 11.7 Å². The molecule has 136 valence electrons. The van der Waals surface area contributed by atoms with Crippen molar-refractivity contribution >= 4 is 42.4 Å². The minimum atomic E-state index is -3.16. The summed E-state index contributed by atoms with van der Waals surface area (Å²) in [5.41, 5.74) is 1.74. The highest BCUT2D eigenvalue weighted by molar-refractivity contribution is 7.89. The molecular formula is C18H18N2O4S2. The van der Waals surface area contributed by atoms with Gasteiger partial charge in [-0.05, 0) is 42.8 Å². The van der Waals surface area contributed by atoms with Gasteiger partial charge in [0.05, 0.1) is 22.6 Å². The maximum absolute atomic E-state index is 12.5. The lowest BCUT2D eigenvalue weighted by atomic mass is 10.1. The van der Waals surface area contributed by atoms with Crippen LogP contribution < -0.4 is 10.1 Å². The number of hydrogen-bond acceptors (Lipinski definition) is 6. The second-order valence-electron chi connectivity index (χ2n) is 5.81. The Morgan fingerprint density at radius 2 is 2.04 bits per heavy atom. The van der Waals surface area contributed by atoms with Crippen LogP contribution in [0.2, 0.25) is 0 Å². The minimum Gasteiger partial charge on any atom is -0.494 e. The van der Waals surface area contributed by atoms with Gasteiger partial charge in [0, 0.05) is 11.8 Å². The van der Waals surface area contributed by atoms with Gasteiger partial charge in [0.15, 0.2) is 15.0 Å². The van der Waals surface area contributed by atoms with Gasteiger partial charge in [0.25, 0.3) is 5.91 Å². The largest absolute Gasteiger partial charge is 0.494 e. The molecule has 0 aliphatic heterocycles. The van der Waals surface area contributed by atoms with Crippen LogP contribution in [0.25, 0.3) is 10.2 Å².